The molecule has 17 heavy (non-hydrogen) atoms. The molecule has 1 aliphatic carbocycles. The summed E-state index contributed by atoms with van der Waals surface area (Å²) in [7, 11) is 0. The number of rotatable bonds is 8. The van der Waals surface area contributed by atoms with Crippen molar-refractivity contribution < 1.29 is 14.7 Å². The normalized spacial score (nSPS) is 17.2. The molecule has 1 unspecified atom stereocenters. The van der Waals surface area contributed by atoms with Crippen LogP contribution < -0.4 is 5.32 Å². The van der Waals surface area contributed by atoms with Gasteiger partial charge in [0, 0.05) is 13.0 Å². The van der Waals surface area contributed by atoms with Gasteiger partial charge in [-0.25, -0.2) is 0 Å². The smallest absolute Gasteiger partial charge is 0.308 e. The standard InChI is InChI=1S/C13H23NO3/c1-2-4-11(13(16)17)9-14-12(15)8-7-10-5-3-6-10/h10-11H,2-9H2,1H3,(H,14,15)(H,16,17). The summed E-state index contributed by atoms with van der Waals surface area (Å²) in [5, 5.41) is 11.7. The fourth-order valence-electron chi connectivity index (χ4n) is 2.10. The van der Waals surface area contributed by atoms with Gasteiger partial charge in [-0.1, -0.05) is 32.6 Å². The molecule has 1 aliphatic rings. The molecule has 4 nitrogen and oxygen atoms in total. The number of hydrogen-bond donors (Lipinski definition) is 2. The lowest BCUT2D eigenvalue weighted by molar-refractivity contribution is -0.141. The molecule has 0 heterocycles. The second-order valence-corrected chi connectivity index (χ2v) is 4.96. The van der Waals surface area contributed by atoms with Crippen LogP contribution in [-0.2, 0) is 9.59 Å². The number of carbonyl (C=O) groups excluding carboxylic acids is 1. The van der Waals surface area contributed by atoms with E-state index in [2.05, 4.69) is 5.32 Å². The second kappa shape index (κ2) is 7.30. The van der Waals surface area contributed by atoms with Crippen molar-refractivity contribution in [1.29, 1.82) is 0 Å². The van der Waals surface area contributed by atoms with Crippen LogP contribution in [0.15, 0.2) is 0 Å². The van der Waals surface area contributed by atoms with Gasteiger partial charge in [0.2, 0.25) is 5.91 Å². The first-order valence-electron chi connectivity index (χ1n) is 6.63. The molecule has 0 aliphatic heterocycles. The monoisotopic (exact) mass is 241 g/mol. The number of nitrogens with one attached hydrogen (secondary N) is 1. The molecule has 1 atom stereocenters. The third-order valence-electron chi connectivity index (χ3n) is 3.54. The third-order valence-corrected chi connectivity index (χ3v) is 3.54. The Kier molecular flexibility index (Phi) is 6.01. The molecule has 0 radical (unpaired) electrons. The summed E-state index contributed by atoms with van der Waals surface area (Å²) in [6, 6.07) is 0. The van der Waals surface area contributed by atoms with E-state index in [-0.39, 0.29) is 12.5 Å². The molecular formula is C13H23NO3. The highest BCUT2D eigenvalue weighted by molar-refractivity contribution is 5.77. The zero-order valence-electron chi connectivity index (χ0n) is 10.6. The van der Waals surface area contributed by atoms with Crippen molar-refractivity contribution in [2.75, 3.05) is 6.54 Å². The predicted molar refractivity (Wildman–Crippen MR) is 65.6 cm³/mol. The zero-order chi connectivity index (χ0) is 12.7. The first-order chi connectivity index (χ1) is 8.13. The van der Waals surface area contributed by atoms with Gasteiger partial charge in [-0.2, -0.15) is 0 Å². The Bertz CT molecular complexity index is 261. The van der Waals surface area contributed by atoms with E-state index in [1.54, 1.807) is 0 Å². The van der Waals surface area contributed by atoms with E-state index >= 15 is 0 Å². The van der Waals surface area contributed by atoms with Gasteiger partial charge >= 0.3 is 5.97 Å². The summed E-state index contributed by atoms with van der Waals surface area (Å²) < 4.78 is 0. The minimum Gasteiger partial charge on any atom is -0.481 e. The number of hydrogen-bond acceptors (Lipinski definition) is 2. The molecule has 1 rings (SSSR count). The summed E-state index contributed by atoms with van der Waals surface area (Å²) >= 11 is 0. The maximum Gasteiger partial charge on any atom is 0.308 e. The van der Waals surface area contributed by atoms with Gasteiger partial charge in [-0.3, -0.25) is 9.59 Å². The molecule has 0 bridgehead atoms. The quantitative estimate of drug-likeness (QED) is 0.684. The Morgan fingerprint density at radius 1 is 1.41 bits per heavy atom. The van der Waals surface area contributed by atoms with Gasteiger partial charge in [0.15, 0.2) is 0 Å². The summed E-state index contributed by atoms with van der Waals surface area (Å²) in [6.45, 7) is 2.22. The van der Waals surface area contributed by atoms with Crippen molar-refractivity contribution >= 4 is 11.9 Å². The second-order valence-electron chi connectivity index (χ2n) is 4.96. The van der Waals surface area contributed by atoms with Crippen LogP contribution in [0.4, 0.5) is 0 Å². The Morgan fingerprint density at radius 3 is 2.59 bits per heavy atom. The molecule has 1 amide bonds. The molecule has 0 aromatic rings. The van der Waals surface area contributed by atoms with Gasteiger partial charge in [0.25, 0.3) is 0 Å². The molecule has 0 aromatic heterocycles. The summed E-state index contributed by atoms with van der Waals surface area (Å²) in [5.74, 6) is -0.523. The van der Waals surface area contributed by atoms with Crippen molar-refractivity contribution in [3.05, 3.63) is 0 Å². The highest BCUT2D eigenvalue weighted by Gasteiger charge is 2.20. The van der Waals surface area contributed by atoms with Gasteiger partial charge < -0.3 is 10.4 Å². The van der Waals surface area contributed by atoms with Crippen LogP contribution in [0.1, 0.15) is 51.9 Å². The number of aliphatic carboxylic acids is 1. The molecule has 98 valence electrons. The molecule has 0 saturated heterocycles. The van der Waals surface area contributed by atoms with Gasteiger partial charge in [-0.15, -0.1) is 0 Å². The topological polar surface area (TPSA) is 66.4 Å². The van der Waals surface area contributed by atoms with Crippen molar-refractivity contribution in [2.24, 2.45) is 11.8 Å². The molecule has 1 saturated carbocycles. The van der Waals surface area contributed by atoms with E-state index in [9.17, 15) is 9.59 Å². The minimum absolute atomic E-state index is 0.000692. The van der Waals surface area contributed by atoms with Crippen LogP contribution in [0.25, 0.3) is 0 Å². The molecule has 1 fully saturated rings. The fraction of sp³-hybridized carbons (Fsp3) is 0.846. The van der Waals surface area contributed by atoms with E-state index in [1.807, 2.05) is 6.92 Å². The van der Waals surface area contributed by atoms with E-state index in [0.29, 0.717) is 12.8 Å². The Labute approximate surface area is 103 Å². The van der Waals surface area contributed by atoms with Crippen molar-refractivity contribution in [2.45, 2.75) is 51.9 Å². The fourth-order valence-corrected chi connectivity index (χ4v) is 2.10. The van der Waals surface area contributed by atoms with E-state index in [4.69, 9.17) is 5.11 Å². The first-order valence-corrected chi connectivity index (χ1v) is 6.63. The lowest BCUT2D eigenvalue weighted by Gasteiger charge is -2.24. The third kappa shape index (κ3) is 5.20. The van der Waals surface area contributed by atoms with Gasteiger partial charge in [0.1, 0.15) is 0 Å². The Morgan fingerprint density at radius 2 is 2.12 bits per heavy atom. The van der Waals surface area contributed by atoms with Crippen LogP contribution in [0, 0.1) is 11.8 Å². The SMILES string of the molecule is CCCC(CNC(=O)CCC1CCC1)C(=O)O. The molecular weight excluding hydrogens is 218 g/mol. The molecule has 2 N–H and O–H groups in total. The number of amides is 1. The van der Waals surface area contributed by atoms with Gasteiger partial charge in [0.05, 0.1) is 5.92 Å². The van der Waals surface area contributed by atoms with E-state index in [0.717, 1.165) is 18.8 Å². The van der Waals surface area contributed by atoms with Gasteiger partial charge in [-0.05, 0) is 18.8 Å². The Balaban J connectivity index is 2.13. The summed E-state index contributed by atoms with van der Waals surface area (Å²) in [5.41, 5.74) is 0. The lowest BCUT2D eigenvalue weighted by Crippen LogP contribution is -2.33. The summed E-state index contributed by atoms with van der Waals surface area (Å²) in [4.78, 5) is 22.4. The summed E-state index contributed by atoms with van der Waals surface area (Å²) in [6.07, 6.45) is 6.75. The zero-order valence-corrected chi connectivity index (χ0v) is 10.6. The maximum atomic E-state index is 11.5. The first kappa shape index (κ1) is 14.0. The molecule has 4 heteroatoms. The van der Waals surface area contributed by atoms with Crippen LogP contribution in [0.2, 0.25) is 0 Å². The average molecular weight is 241 g/mol. The van der Waals surface area contributed by atoms with Crippen LogP contribution in [0.3, 0.4) is 0 Å². The molecule has 0 aromatic carbocycles. The highest BCUT2D eigenvalue weighted by atomic mass is 16.4. The number of carbonyl (C=O) groups is 2. The number of carboxylic acid groups (broad SMARTS) is 1. The van der Waals surface area contributed by atoms with Crippen molar-refractivity contribution in [3.8, 4) is 0 Å². The van der Waals surface area contributed by atoms with Crippen LogP contribution >= 0.6 is 0 Å². The largest absolute Gasteiger partial charge is 0.481 e. The minimum atomic E-state index is -0.814. The van der Waals surface area contributed by atoms with E-state index < -0.39 is 11.9 Å². The van der Waals surface area contributed by atoms with Crippen LogP contribution in [0.5, 0.6) is 0 Å². The van der Waals surface area contributed by atoms with Crippen molar-refractivity contribution in [1.82, 2.24) is 5.32 Å². The van der Waals surface area contributed by atoms with E-state index in [1.165, 1.54) is 19.3 Å². The highest BCUT2D eigenvalue weighted by Crippen LogP contribution is 2.30. The molecule has 0 spiro atoms. The average Bonchev–Trinajstić information content (AvgIpc) is 2.21. The number of carboxylic acids is 1. The lowest BCUT2D eigenvalue weighted by atomic mass is 9.82. The maximum absolute atomic E-state index is 11.5. The van der Waals surface area contributed by atoms with Crippen molar-refractivity contribution in [3.63, 3.8) is 0 Å². The van der Waals surface area contributed by atoms with Crippen LogP contribution in [-0.4, -0.2) is 23.5 Å². The predicted octanol–water partition coefficient (Wildman–Crippen LogP) is 2.18. The Hall–Kier alpha value is -1.06.